The molecule has 0 saturated heterocycles. The number of hydroxylamine groups is 1. The maximum atomic E-state index is 14.2. The van der Waals surface area contributed by atoms with Crippen molar-refractivity contribution in [2.45, 2.75) is 6.92 Å². The highest BCUT2D eigenvalue weighted by Gasteiger charge is 2.29. The second-order valence-electron chi connectivity index (χ2n) is 6.44. The van der Waals surface area contributed by atoms with Crippen LogP contribution in [0, 0.1) is 17.0 Å². The van der Waals surface area contributed by atoms with Crippen LogP contribution < -0.4 is 14.9 Å². The minimum Gasteiger partial charge on any atom is -0.454 e. The molecule has 2 aromatic rings. The zero-order chi connectivity index (χ0) is 22.5. The van der Waals surface area contributed by atoms with Crippen molar-refractivity contribution in [1.82, 2.24) is 10.4 Å². The molecular weight excluding hydrogens is 426 g/mol. The van der Waals surface area contributed by atoms with E-state index in [9.17, 15) is 13.6 Å². The number of nitrogens with one attached hydrogen (secondary N) is 3. The van der Waals surface area contributed by atoms with Gasteiger partial charge < -0.3 is 14.4 Å². The van der Waals surface area contributed by atoms with E-state index in [1.807, 2.05) is 6.92 Å². The lowest BCUT2D eigenvalue weighted by Crippen LogP contribution is -2.33. The molecule has 1 aliphatic heterocycles. The summed E-state index contributed by atoms with van der Waals surface area (Å²) in [4.78, 5) is 13.6. The molecule has 162 valence electrons. The maximum Gasteiger partial charge on any atom is 0.261 e. The summed E-state index contributed by atoms with van der Waals surface area (Å²) < 4.78 is 36.3. The van der Waals surface area contributed by atoms with Crippen LogP contribution in [0.4, 0.5) is 14.5 Å². The molecule has 0 saturated carbocycles. The molecule has 0 radical (unpaired) electrons. The molecule has 10 heteroatoms. The zero-order valence-electron chi connectivity index (χ0n) is 16.7. The third kappa shape index (κ3) is 4.86. The Morgan fingerprint density at radius 2 is 1.97 bits per heavy atom. The lowest BCUT2D eigenvalue weighted by Gasteiger charge is -2.25. The summed E-state index contributed by atoms with van der Waals surface area (Å²) in [5.41, 5.74) is 2.98. The predicted molar refractivity (Wildman–Crippen MR) is 116 cm³/mol. The fourth-order valence-corrected chi connectivity index (χ4v) is 3.32. The van der Waals surface area contributed by atoms with E-state index in [2.05, 4.69) is 4.72 Å². The fraction of sp³-hybridized carbons (Fsp3) is 0.143. The van der Waals surface area contributed by atoms with Gasteiger partial charge in [-0.25, -0.2) is 8.78 Å². The van der Waals surface area contributed by atoms with Gasteiger partial charge >= 0.3 is 0 Å². The average molecular weight is 446 g/mol. The van der Waals surface area contributed by atoms with Crippen molar-refractivity contribution in [3.63, 3.8) is 0 Å². The standard InChI is InChI=1S/C21H20F2N4O3S/c1-3-31-26-13-5-7-18(30-19-6-4-12(22)8-17(19)23)14(9-13)16-11-27(2)21(28)15(10-25-29)20(16)24/h4-11,24-26,29H,3H2,1-2H3/b15-10+,24-20?. The normalized spacial score (nSPS) is 15.2. The van der Waals surface area contributed by atoms with Gasteiger partial charge in [-0.1, -0.05) is 18.9 Å². The van der Waals surface area contributed by atoms with E-state index in [0.29, 0.717) is 22.9 Å². The van der Waals surface area contributed by atoms with Crippen molar-refractivity contribution >= 4 is 34.8 Å². The summed E-state index contributed by atoms with van der Waals surface area (Å²) in [6.07, 6.45) is 2.47. The fourth-order valence-electron chi connectivity index (χ4n) is 2.89. The SMILES string of the molecule is CCSNc1ccc(Oc2ccc(F)cc2F)c(C2=CN(C)C(=O)/C(=C/NO)C2=N)c1. The Morgan fingerprint density at radius 3 is 2.65 bits per heavy atom. The molecule has 0 atom stereocenters. The molecule has 1 heterocycles. The van der Waals surface area contributed by atoms with Crippen LogP contribution in [0.2, 0.25) is 0 Å². The van der Waals surface area contributed by atoms with E-state index >= 15 is 0 Å². The number of benzene rings is 2. The van der Waals surface area contributed by atoms with Crippen LogP contribution in [0.5, 0.6) is 11.5 Å². The van der Waals surface area contributed by atoms with E-state index in [-0.39, 0.29) is 22.8 Å². The molecule has 0 spiro atoms. The first kappa shape index (κ1) is 22.3. The van der Waals surface area contributed by atoms with Gasteiger partial charge in [0.1, 0.15) is 11.6 Å². The number of ether oxygens (including phenoxy) is 1. The first-order chi connectivity index (χ1) is 14.8. The lowest BCUT2D eigenvalue weighted by atomic mass is 9.92. The molecule has 0 aromatic heterocycles. The van der Waals surface area contributed by atoms with Crippen LogP contribution in [-0.4, -0.2) is 34.5 Å². The van der Waals surface area contributed by atoms with Crippen LogP contribution in [0.1, 0.15) is 12.5 Å². The van der Waals surface area contributed by atoms with Gasteiger partial charge in [0.2, 0.25) is 0 Å². The molecule has 0 aliphatic carbocycles. The number of hydrogen-bond acceptors (Lipinski definition) is 7. The second-order valence-corrected chi connectivity index (χ2v) is 7.51. The van der Waals surface area contributed by atoms with Crippen molar-refractivity contribution in [1.29, 1.82) is 5.41 Å². The molecule has 1 aliphatic rings. The van der Waals surface area contributed by atoms with E-state index in [1.54, 1.807) is 23.7 Å². The Balaban J connectivity index is 2.11. The third-order valence-corrected chi connectivity index (χ3v) is 5.01. The highest BCUT2D eigenvalue weighted by atomic mass is 32.2. The number of amides is 1. The molecule has 3 rings (SSSR count). The minimum atomic E-state index is -0.875. The van der Waals surface area contributed by atoms with Crippen LogP contribution >= 0.6 is 11.9 Å². The highest BCUT2D eigenvalue weighted by Crippen LogP contribution is 2.37. The van der Waals surface area contributed by atoms with Crippen LogP contribution in [0.25, 0.3) is 5.57 Å². The van der Waals surface area contributed by atoms with Crippen molar-refractivity contribution in [3.05, 3.63) is 71.6 Å². The molecule has 2 aromatic carbocycles. The first-order valence-electron chi connectivity index (χ1n) is 9.18. The topological polar surface area (TPSA) is 97.7 Å². The van der Waals surface area contributed by atoms with E-state index in [4.69, 9.17) is 15.4 Å². The van der Waals surface area contributed by atoms with Gasteiger partial charge in [0.05, 0.1) is 11.3 Å². The van der Waals surface area contributed by atoms with Crippen molar-refractivity contribution in [3.8, 4) is 11.5 Å². The number of carbonyl (C=O) groups excluding carboxylic acids is 1. The number of hydrogen-bond donors (Lipinski definition) is 4. The number of nitrogens with zero attached hydrogens (tertiary/aromatic N) is 1. The van der Waals surface area contributed by atoms with E-state index in [0.717, 1.165) is 18.0 Å². The van der Waals surface area contributed by atoms with Gasteiger partial charge in [0.15, 0.2) is 11.6 Å². The average Bonchev–Trinajstić information content (AvgIpc) is 2.75. The Hall–Kier alpha value is -3.37. The van der Waals surface area contributed by atoms with E-state index < -0.39 is 17.5 Å². The summed E-state index contributed by atoms with van der Waals surface area (Å²) >= 11 is 1.46. The minimum absolute atomic E-state index is 0.0669. The highest BCUT2D eigenvalue weighted by molar-refractivity contribution is 8.00. The predicted octanol–water partition coefficient (Wildman–Crippen LogP) is 4.53. The summed E-state index contributed by atoms with van der Waals surface area (Å²) in [5.74, 6) is -1.28. The van der Waals surface area contributed by atoms with Gasteiger partial charge in [0, 0.05) is 48.1 Å². The summed E-state index contributed by atoms with van der Waals surface area (Å²) in [6, 6.07) is 7.98. The van der Waals surface area contributed by atoms with Gasteiger partial charge in [-0.05, 0) is 30.3 Å². The van der Waals surface area contributed by atoms with Gasteiger partial charge in [-0.2, -0.15) is 0 Å². The number of rotatable bonds is 7. The molecule has 31 heavy (non-hydrogen) atoms. The second kappa shape index (κ2) is 9.63. The van der Waals surface area contributed by atoms with Gasteiger partial charge in [-0.15, -0.1) is 0 Å². The van der Waals surface area contributed by atoms with E-state index in [1.165, 1.54) is 36.2 Å². The third-order valence-electron chi connectivity index (χ3n) is 4.34. The summed E-state index contributed by atoms with van der Waals surface area (Å²) in [5, 5.41) is 17.5. The number of halogens is 2. The van der Waals surface area contributed by atoms with Crippen molar-refractivity contribution < 1.29 is 23.5 Å². The zero-order valence-corrected chi connectivity index (χ0v) is 17.5. The molecule has 0 fully saturated rings. The Labute approximate surface area is 182 Å². The number of anilines is 1. The molecule has 0 bridgehead atoms. The van der Waals surface area contributed by atoms with Gasteiger partial charge in [0.25, 0.3) is 5.91 Å². The molecule has 1 amide bonds. The maximum absolute atomic E-state index is 14.2. The molecular formula is C21H20F2N4O3S. The Morgan fingerprint density at radius 1 is 1.23 bits per heavy atom. The van der Waals surface area contributed by atoms with Crippen LogP contribution in [0.15, 0.2) is 54.4 Å². The van der Waals surface area contributed by atoms with Crippen LogP contribution in [-0.2, 0) is 4.79 Å². The Kier molecular flexibility index (Phi) is 6.93. The lowest BCUT2D eigenvalue weighted by molar-refractivity contribution is -0.123. The molecule has 7 nitrogen and oxygen atoms in total. The number of carbonyl (C=O) groups is 1. The van der Waals surface area contributed by atoms with Crippen molar-refractivity contribution in [2.24, 2.45) is 0 Å². The van der Waals surface area contributed by atoms with Crippen molar-refractivity contribution in [2.75, 3.05) is 17.5 Å². The summed E-state index contributed by atoms with van der Waals surface area (Å²) in [6.45, 7) is 1.98. The number of allylic oxidation sites excluding steroid dienone is 1. The van der Waals surface area contributed by atoms with Gasteiger partial charge in [-0.3, -0.25) is 20.9 Å². The largest absolute Gasteiger partial charge is 0.454 e. The summed E-state index contributed by atoms with van der Waals surface area (Å²) in [7, 11) is 1.51. The van der Waals surface area contributed by atoms with Crippen LogP contribution in [0.3, 0.4) is 0 Å². The monoisotopic (exact) mass is 446 g/mol. The number of likely N-dealkylation sites (N-methyl/N-ethyl adjacent to an activating group) is 1. The molecule has 4 N–H and O–H groups in total. The Bertz CT molecular complexity index is 1090. The quantitative estimate of drug-likeness (QED) is 0.283. The smallest absolute Gasteiger partial charge is 0.261 e. The first-order valence-corrected chi connectivity index (χ1v) is 10.2. The molecule has 0 unspecified atom stereocenters.